The van der Waals surface area contributed by atoms with E-state index in [1.54, 1.807) is 48.5 Å². The van der Waals surface area contributed by atoms with Crippen LogP contribution in [0.2, 0.25) is 0 Å². The minimum atomic E-state index is -0.231. The molecule has 2 aromatic carbocycles. The summed E-state index contributed by atoms with van der Waals surface area (Å²) in [4.78, 5) is 36.1. The molecular formula is C22H28N4O3. The average Bonchev–Trinajstić information content (AvgIpc) is 2.70. The molecule has 0 fully saturated rings. The molecule has 0 saturated carbocycles. The van der Waals surface area contributed by atoms with E-state index in [1.165, 1.54) is 0 Å². The molecule has 2 aromatic rings. The Bertz CT molecular complexity index is 847. The van der Waals surface area contributed by atoms with Crippen molar-refractivity contribution >= 4 is 29.1 Å². The van der Waals surface area contributed by atoms with Gasteiger partial charge in [0, 0.05) is 35.1 Å². The van der Waals surface area contributed by atoms with Crippen molar-refractivity contribution < 1.29 is 14.4 Å². The first kappa shape index (κ1) is 21.9. The van der Waals surface area contributed by atoms with Gasteiger partial charge in [0.2, 0.25) is 5.91 Å². The van der Waals surface area contributed by atoms with E-state index in [9.17, 15) is 14.4 Å². The quantitative estimate of drug-likeness (QED) is 0.524. The van der Waals surface area contributed by atoms with E-state index in [-0.39, 0.29) is 30.3 Å². The molecule has 7 nitrogen and oxygen atoms in total. The molecule has 0 radical (unpaired) electrons. The molecule has 0 bridgehead atoms. The summed E-state index contributed by atoms with van der Waals surface area (Å²) in [5.41, 5.74) is 2.36. The van der Waals surface area contributed by atoms with E-state index in [1.807, 2.05) is 20.8 Å². The average molecular weight is 396 g/mol. The minimum absolute atomic E-state index is 0.0512. The van der Waals surface area contributed by atoms with Crippen molar-refractivity contribution in [2.24, 2.45) is 0 Å². The SMILES string of the molecule is CCCNC(=O)c1cccc(NCC(=O)Nc2ccc(C(=O)NC(C)C)cc2)c1. The van der Waals surface area contributed by atoms with Crippen LogP contribution < -0.4 is 21.3 Å². The second-order valence-corrected chi connectivity index (χ2v) is 6.94. The van der Waals surface area contributed by atoms with Crippen molar-refractivity contribution in [2.45, 2.75) is 33.2 Å². The van der Waals surface area contributed by atoms with Gasteiger partial charge in [-0.2, -0.15) is 0 Å². The van der Waals surface area contributed by atoms with Crippen LogP contribution >= 0.6 is 0 Å². The Morgan fingerprint density at radius 3 is 2.28 bits per heavy atom. The minimum Gasteiger partial charge on any atom is -0.376 e. The second-order valence-electron chi connectivity index (χ2n) is 6.94. The van der Waals surface area contributed by atoms with Crippen LogP contribution in [-0.4, -0.2) is 36.9 Å². The predicted octanol–water partition coefficient (Wildman–Crippen LogP) is 3.02. The third-order valence-electron chi connectivity index (χ3n) is 3.96. The van der Waals surface area contributed by atoms with Crippen molar-refractivity contribution in [3.05, 3.63) is 59.7 Å². The van der Waals surface area contributed by atoms with Crippen molar-refractivity contribution in [2.75, 3.05) is 23.7 Å². The number of amides is 3. The third kappa shape index (κ3) is 7.29. The molecule has 0 aliphatic heterocycles. The van der Waals surface area contributed by atoms with E-state index in [4.69, 9.17) is 0 Å². The zero-order valence-corrected chi connectivity index (χ0v) is 17.0. The Morgan fingerprint density at radius 2 is 1.62 bits per heavy atom. The first-order valence-electron chi connectivity index (χ1n) is 9.72. The predicted molar refractivity (Wildman–Crippen MR) is 115 cm³/mol. The van der Waals surface area contributed by atoms with Crippen LogP contribution in [0.4, 0.5) is 11.4 Å². The lowest BCUT2D eigenvalue weighted by molar-refractivity contribution is -0.114. The van der Waals surface area contributed by atoms with Gasteiger partial charge < -0.3 is 21.3 Å². The lowest BCUT2D eigenvalue weighted by atomic mass is 10.2. The monoisotopic (exact) mass is 396 g/mol. The number of carbonyl (C=O) groups is 3. The fourth-order valence-corrected chi connectivity index (χ4v) is 2.55. The molecule has 154 valence electrons. The zero-order valence-electron chi connectivity index (χ0n) is 17.0. The Hall–Kier alpha value is -3.35. The van der Waals surface area contributed by atoms with Gasteiger partial charge in [-0.25, -0.2) is 0 Å². The van der Waals surface area contributed by atoms with Gasteiger partial charge in [-0.1, -0.05) is 13.0 Å². The van der Waals surface area contributed by atoms with E-state index in [0.717, 1.165) is 6.42 Å². The molecule has 0 atom stereocenters. The largest absolute Gasteiger partial charge is 0.376 e. The normalized spacial score (nSPS) is 10.3. The Kier molecular flexibility index (Phi) is 8.21. The molecule has 0 aliphatic carbocycles. The first-order chi connectivity index (χ1) is 13.9. The van der Waals surface area contributed by atoms with Crippen LogP contribution in [0.15, 0.2) is 48.5 Å². The maximum absolute atomic E-state index is 12.2. The van der Waals surface area contributed by atoms with E-state index >= 15 is 0 Å². The number of anilines is 2. The first-order valence-corrected chi connectivity index (χ1v) is 9.72. The molecule has 7 heteroatoms. The van der Waals surface area contributed by atoms with Crippen molar-refractivity contribution in [1.29, 1.82) is 0 Å². The van der Waals surface area contributed by atoms with Gasteiger partial charge in [-0.05, 0) is 62.7 Å². The van der Waals surface area contributed by atoms with Crippen LogP contribution in [-0.2, 0) is 4.79 Å². The van der Waals surface area contributed by atoms with Crippen LogP contribution in [0, 0.1) is 0 Å². The topological polar surface area (TPSA) is 99.3 Å². The van der Waals surface area contributed by atoms with E-state index in [0.29, 0.717) is 29.0 Å². The molecular weight excluding hydrogens is 368 g/mol. The Labute approximate surface area is 171 Å². The van der Waals surface area contributed by atoms with Gasteiger partial charge >= 0.3 is 0 Å². The molecule has 0 spiro atoms. The lowest BCUT2D eigenvalue weighted by Crippen LogP contribution is -2.30. The van der Waals surface area contributed by atoms with Gasteiger partial charge in [-0.3, -0.25) is 14.4 Å². The van der Waals surface area contributed by atoms with Gasteiger partial charge in [-0.15, -0.1) is 0 Å². The zero-order chi connectivity index (χ0) is 21.2. The second kappa shape index (κ2) is 10.8. The highest BCUT2D eigenvalue weighted by Gasteiger charge is 2.09. The van der Waals surface area contributed by atoms with Gasteiger partial charge in [0.1, 0.15) is 0 Å². The molecule has 2 rings (SSSR count). The summed E-state index contributed by atoms with van der Waals surface area (Å²) in [6.45, 7) is 6.46. The van der Waals surface area contributed by atoms with Crippen LogP contribution in [0.3, 0.4) is 0 Å². The fourth-order valence-electron chi connectivity index (χ4n) is 2.55. The van der Waals surface area contributed by atoms with Crippen LogP contribution in [0.5, 0.6) is 0 Å². The van der Waals surface area contributed by atoms with Gasteiger partial charge in [0.25, 0.3) is 11.8 Å². The molecule has 0 aliphatic rings. The Morgan fingerprint density at radius 1 is 0.897 bits per heavy atom. The van der Waals surface area contributed by atoms with Crippen LogP contribution in [0.1, 0.15) is 47.9 Å². The highest BCUT2D eigenvalue weighted by Crippen LogP contribution is 2.12. The molecule has 3 amide bonds. The number of rotatable bonds is 9. The number of hydrogen-bond donors (Lipinski definition) is 4. The summed E-state index contributed by atoms with van der Waals surface area (Å²) in [6.07, 6.45) is 0.868. The maximum Gasteiger partial charge on any atom is 0.251 e. The summed E-state index contributed by atoms with van der Waals surface area (Å²) in [7, 11) is 0. The van der Waals surface area contributed by atoms with Crippen LogP contribution in [0.25, 0.3) is 0 Å². The van der Waals surface area contributed by atoms with E-state index in [2.05, 4.69) is 21.3 Å². The van der Waals surface area contributed by atoms with Crippen molar-refractivity contribution in [3.63, 3.8) is 0 Å². The van der Waals surface area contributed by atoms with Crippen molar-refractivity contribution in [3.8, 4) is 0 Å². The highest BCUT2D eigenvalue weighted by molar-refractivity contribution is 5.97. The summed E-state index contributed by atoms with van der Waals surface area (Å²) in [5.74, 6) is -0.519. The molecule has 0 saturated heterocycles. The maximum atomic E-state index is 12.2. The molecule has 0 aromatic heterocycles. The number of carbonyl (C=O) groups excluding carboxylic acids is 3. The van der Waals surface area contributed by atoms with Gasteiger partial charge in [0.05, 0.1) is 6.54 Å². The number of benzene rings is 2. The molecule has 29 heavy (non-hydrogen) atoms. The standard InChI is InChI=1S/C22H28N4O3/c1-4-12-23-21(28)17-6-5-7-19(13-17)24-14-20(27)26-18-10-8-16(9-11-18)22(29)25-15(2)3/h5-11,13,15,24H,4,12,14H2,1-3H3,(H,23,28)(H,25,29)(H,26,27). The highest BCUT2D eigenvalue weighted by atomic mass is 16.2. The molecule has 4 N–H and O–H groups in total. The van der Waals surface area contributed by atoms with Gasteiger partial charge in [0.15, 0.2) is 0 Å². The molecule has 0 unspecified atom stereocenters. The summed E-state index contributed by atoms with van der Waals surface area (Å²) in [6, 6.07) is 13.8. The summed E-state index contributed by atoms with van der Waals surface area (Å²) < 4.78 is 0. The summed E-state index contributed by atoms with van der Waals surface area (Å²) in [5, 5.41) is 11.4. The fraction of sp³-hybridized carbons (Fsp3) is 0.318. The van der Waals surface area contributed by atoms with Crippen molar-refractivity contribution in [1.82, 2.24) is 10.6 Å². The third-order valence-corrected chi connectivity index (χ3v) is 3.96. The Balaban J connectivity index is 1.87. The smallest absolute Gasteiger partial charge is 0.251 e. The molecule has 0 heterocycles. The number of nitrogens with one attached hydrogen (secondary N) is 4. The summed E-state index contributed by atoms with van der Waals surface area (Å²) >= 11 is 0. The number of hydrogen-bond acceptors (Lipinski definition) is 4. The van der Waals surface area contributed by atoms with E-state index < -0.39 is 0 Å². The lowest BCUT2D eigenvalue weighted by Gasteiger charge is -2.11.